The number of amides is 1. The fourth-order valence-electron chi connectivity index (χ4n) is 1.48. The van der Waals surface area contributed by atoms with E-state index in [2.05, 4.69) is 24.5 Å². The van der Waals surface area contributed by atoms with Gasteiger partial charge in [0.15, 0.2) is 0 Å². The quantitative estimate of drug-likeness (QED) is 0.666. The van der Waals surface area contributed by atoms with E-state index in [-0.39, 0.29) is 5.91 Å². The summed E-state index contributed by atoms with van der Waals surface area (Å²) >= 11 is 0. The molecule has 1 rings (SSSR count). The minimum atomic E-state index is 0.204. The van der Waals surface area contributed by atoms with Gasteiger partial charge in [-0.2, -0.15) is 0 Å². The molecule has 1 aliphatic heterocycles. The maximum absolute atomic E-state index is 10.9. The Morgan fingerprint density at radius 3 is 3.00 bits per heavy atom. The van der Waals surface area contributed by atoms with E-state index in [1.165, 1.54) is 6.42 Å². The molecule has 1 saturated heterocycles. The topological polar surface area (TPSA) is 41.1 Å². The lowest BCUT2D eigenvalue weighted by molar-refractivity contribution is -0.119. The van der Waals surface area contributed by atoms with E-state index in [0.29, 0.717) is 12.5 Å². The number of hydrogen-bond donors (Lipinski definition) is 2. The first-order chi connectivity index (χ1) is 6.22. The first-order valence-electron chi connectivity index (χ1n) is 5.22. The third-order valence-corrected chi connectivity index (χ3v) is 2.67. The Balaban J connectivity index is 2.03. The minimum Gasteiger partial charge on any atom is -0.352 e. The molecule has 0 aliphatic carbocycles. The molecule has 1 fully saturated rings. The molecule has 0 bridgehead atoms. The van der Waals surface area contributed by atoms with Crippen molar-refractivity contribution >= 4 is 5.91 Å². The predicted molar refractivity (Wildman–Crippen MR) is 53.5 cm³/mol. The van der Waals surface area contributed by atoms with Crippen molar-refractivity contribution in [3.8, 4) is 0 Å². The molecule has 2 atom stereocenters. The van der Waals surface area contributed by atoms with E-state index in [4.69, 9.17) is 0 Å². The summed E-state index contributed by atoms with van der Waals surface area (Å²) < 4.78 is 0. The standard InChI is InChI=1S/C10H20N2O/c1-3-8(2)6-11-7-9-4-5-10(13)12-9/h8-9,11H,3-7H2,1-2H3,(H,12,13). The van der Waals surface area contributed by atoms with Gasteiger partial charge in [-0.15, -0.1) is 0 Å². The van der Waals surface area contributed by atoms with Gasteiger partial charge in [0, 0.05) is 19.0 Å². The highest BCUT2D eigenvalue weighted by Gasteiger charge is 2.19. The van der Waals surface area contributed by atoms with Gasteiger partial charge >= 0.3 is 0 Å². The maximum atomic E-state index is 10.9. The van der Waals surface area contributed by atoms with Crippen LogP contribution in [0.2, 0.25) is 0 Å². The molecular weight excluding hydrogens is 164 g/mol. The van der Waals surface area contributed by atoms with Gasteiger partial charge < -0.3 is 10.6 Å². The van der Waals surface area contributed by atoms with Crippen molar-refractivity contribution in [2.75, 3.05) is 13.1 Å². The number of hydrogen-bond acceptors (Lipinski definition) is 2. The Hall–Kier alpha value is -0.570. The molecule has 76 valence electrons. The van der Waals surface area contributed by atoms with E-state index >= 15 is 0 Å². The summed E-state index contributed by atoms with van der Waals surface area (Å²) in [4.78, 5) is 10.9. The molecule has 1 aliphatic rings. The lowest BCUT2D eigenvalue weighted by atomic mass is 10.1. The second-order valence-corrected chi connectivity index (χ2v) is 3.97. The van der Waals surface area contributed by atoms with Gasteiger partial charge in [-0.3, -0.25) is 4.79 Å². The number of rotatable bonds is 5. The molecule has 1 amide bonds. The zero-order valence-electron chi connectivity index (χ0n) is 8.60. The summed E-state index contributed by atoms with van der Waals surface area (Å²) in [5.41, 5.74) is 0. The molecule has 0 aromatic heterocycles. The van der Waals surface area contributed by atoms with Crippen molar-refractivity contribution in [1.82, 2.24) is 10.6 Å². The van der Waals surface area contributed by atoms with Crippen LogP contribution in [0, 0.1) is 5.92 Å². The highest BCUT2D eigenvalue weighted by atomic mass is 16.1. The second-order valence-electron chi connectivity index (χ2n) is 3.97. The molecule has 3 nitrogen and oxygen atoms in total. The first-order valence-corrected chi connectivity index (χ1v) is 5.22. The van der Waals surface area contributed by atoms with Crippen LogP contribution in [0.3, 0.4) is 0 Å². The van der Waals surface area contributed by atoms with Crippen LogP contribution in [0.1, 0.15) is 33.1 Å². The largest absolute Gasteiger partial charge is 0.352 e. The normalized spacial score (nSPS) is 24.5. The average molecular weight is 184 g/mol. The van der Waals surface area contributed by atoms with Crippen molar-refractivity contribution in [3.63, 3.8) is 0 Å². The first kappa shape index (κ1) is 10.5. The molecule has 0 aromatic carbocycles. The molecular formula is C10H20N2O. The van der Waals surface area contributed by atoms with E-state index in [1.54, 1.807) is 0 Å². The molecule has 3 heteroatoms. The van der Waals surface area contributed by atoms with Crippen LogP contribution >= 0.6 is 0 Å². The molecule has 2 N–H and O–H groups in total. The molecule has 0 radical (unpaired) electrons. The fourth-order valence-corrected chi connectivity index (χ4v) is 1.48. The third-order valence-electron chi connectivity index (χ3n) is 2.67. The van der Waals surface area contributed by atoms with Gasteiger partial charge in [0.25, 0.3) is 0 Å². The Morgan fingerprint density at radius 1 is 1.69 bits per heavy atom. The summed E-state index contributed by atoms with van der Waals surface area (Å²) in [5.74, 6) is 0.937. The average Bonchev–Trinajstić information content (AvgIpc) is 2.51. The molecule has 13 heavy (non-hydrogen) atoms. The smallest absolute Gasteiger partial charge is 0.220 e. The minimum absolute atomic E-state index is 0.204. The van der Waals surface area contributed by atoms with Gasteiger partial charge in [0.2, 0.25) is 5.91 Å². The van der Waals surface area contributed by atoms with Crippen molar-refractivity contribution in [2.45, 2.75) is 39.2 Å². The molecule has 1 heterocycles. The summed E-state index contributed by atoms with van der Waals surface area (Å²) in [5, 5.41) is 6.33. The van der Waals surface area contributed by atoms with Gasteiger partial charge in [0.05, 0.1) is 0 Å². The fraction of sp³-hybridized carbons (Fsp3) is 0.900. The van der Waals surface area contributed by atoms with Crippen LogP contribution < -0.4 is 10.6 Å². The van der Waals surface area contributed by atoms with Crippen LogP contribution in [-0.4, -0.2) is 25.0 Å². The Labute approximate surface area is 80.3 Å². The maximum Gasteiger partial charge on any atom is 0.220 e. The van der Waals surface area contributed by atoms with Gasteiger partial charge in [0.1, 0.15) is 0 Å². The van der Waals surface area contributed by atoms with Crippen molar-refractivity contribution in [1.29, 1.82) is 0 Å². The monoisotopic (exact) mass is 184 g/mol. The highest BCUT2D eigenvalue weighted by Crippen LogP contribution is 2.05. The van der Waals surface area contributed by atoms with Gasteiger partial charge in [-0.1, -0.05) is 20.3 Å². The summed E-state index contributed by atoms with van der Waals surface area (Å²) in [6.07, 6.45) is 2.91. The summed E-state index contributed by atoms with van der Waals surface area (Å²) in [6.45, 7) is 6.42. The van der Waals surface area contributed by atoms with E-state index in [1.807, 2.05) is 0 Å². The second kappa shape index (κ2) is 5.22. The molecule has 2 unspecified atom stereocenters. The Morgan fingerprint density at radius 2 is 2.46 bits per heavy atom. The molecule has 0 saturated carbocycles. The van der Waals surface area contributed by atoms with E-state index in [0.717, 1.165) is 25.4 Å². The molecule has 0 aromatic rings. The van der Waals surface area contributed by atoms with Crippen LogP contribution in [0.5, 0.6) is 0 Å². The Kier molecular flexibility index (Phi) is 4.22. The van der Waals surface area contributed by atoms with Crippen molar-refractivity contribution in [2.24, 2.45) is 5.92 Å². The zero-order valence-corrected chi connectivity index (χ0v) is 8.60. The van der Waals surface area contributed by atoms with Crippen molar-refractivity contribution in [3.05, 3.63) is 0 Å². The summed E-state index contributed by atoms with van der Waals surface area (Å²) in [6, 6.07) is 0.372. The summed E-state index contributed by atoms with van der Waals surface area (Å²) in [7, 11) is 0. The van der Waals surface area contributed by atoms with E-state index in [9.17, 15) is 4.79 Å². The van der Waals surface area contributed by atoms with Crippen LogP contribution in [0.4, 0.5) is 0 Å². The van der Waals surface area contributed by atoms with Crippen molar-refractivity contribution < 1.29 is 4.79 Å². The van der Waals surface area contributed by atoms with E-state index < -0.39 is 0 Å². The van der Waals surface area contributed by atoms with Gasteiger partial charge in [-0.05, 0) is 18.9 Å². The lowest BCUT2D eigenvalue weighted by Gasteiger charge is -2.13. The third kappa shape index (κ3) is 3.77. The number of carbonyl (C=O) groups is 1. The van der Waals surface area contributed by atoms with Crippen LogP contribution in [0.15, 0.2) is 0 Å². The lowest BCUT2D eigenvalue weighted by Crippen LogP contribution is -2.37. The van der Waals surface area contributed by atoms with Gasteiger partial charge in [-0.25, -0.2) is 0 Å². The highest BCUT2D eigenvalue weighted by molar-refractivity contribution is 5.78. The number of nitrogens with one attached hydrogen (secondary N) is 2. The molecule has 0 spiro atoms. The number of carbonyl (C=O) groups excluding carboxylic acids is 1. The zero-order chi connectivity index (χ0) is 9.68. The Bertz CT molecular complexity index is 170. The van der Waals surface area contributed by atoms with Crippen LogP contribution in [-0.2, 0) is 4.79 Å². The predicted octanol–water partition coefficient (Wildman–Crippen LogP) is 0.901. The van der Waals surface area contributed by atoms with Crippen LogP contribution in [0.25, 0.3) is 0 Å². The SMILES string of the molecule is CCC(C)CNCC1CCC(=O)N1.